The highest BCUT2D eigenvalue weighted by molar-refractivity contribution is 5.80. The van der Waals surface area contributed by atoms with Gasteiger partial charge in [-0.15, -0.1) is 0 Å². The smallest absolute Gasteiger partial charge is 0.430 e. The Morgan fingerprint density at radius 3 is 2.18 bits per heavy atom. The predicted octanol–water partition coefficient (Wildman–Crippen LogP) is -3.41. The van der Waals surface area contributed by atoms with Crippen LogP contribution in [0.25, 0.3) is 0 Å². The molecule has 0 spiro atoms. The number of hydrogen-bond acceptors (Lipinski definition) is 9. The molecule has 39 heavy (non-hydrogen) atoms. The van der Waals surface area contributed by atoms with Crippen molar-refractivity contribution in [3.8, 4) is 0 Å². The van der Waals surface area contributed by atoms with Crippen molar-refractivity contribution in [2.45, 2.75) is 43.2 Å². The van der Waals surface area contributed by atoms with E-state index < -0.39 is 42.5 Å². The quantitative estimate of drug-likeness (QED) is 0.101. The Labute approximate surface area is 220 Å². The Bertz CT molecular complexity index is 979. The van der Waals surface area contributed by atoms with Crippen molar-refractivity contribution >= 4 is 24.0 Å². The number of alkyl carbamates (subject to hydrolysis) is 1. The molecule has 3 rings (SSSR count). The number of carbonyl (C=O) groups is 3. The molecule has 2 heterocycles. The highest BCUT2D eigenvalue weighted by Crippen LogP contribution is 2.30. The number of alkyl halides is 3. The summed E-state index contributed by atoms with van der Waals surface area (Å²) in [4.78, 5) is 35.1. The maximum Gasteiger partial charge on any atom is 0.430 e. The first-order valence-corrected chi connectivity index (χ1v) is 11.4. The number of benzene rings is 1. The lowest BCUT2D eigenvalue weighted by Gasteiger charge is -2.20. The van der Waals surface area contributed by atoms with E-state index in [0.29, 0.717) is 19.8 Å². The van der Waals surface area contributed by atoms with Gasteiger partial charge in [-0.2, -0.15) is 13.2 Å². The van der Waals surface area contributed by atoms with Gasteiger partial charge in [-0.05, 0) is 5.56 Å². The van der Waals surface area contributed by atoms with E-state index in [-0.39, 0.29) is 38.0 Å². The average Bonchev–Trinajstić information content (AvgIpc) is 3.46. The summed E-state index contributed by atoms with van der Waals surface area (Å²) in [6.07, 6.45) is -7.52. The third-order valence-corrected chi connectivity index (χ3v) is 5.24. The van der Waals surface area contributed by atoms with Crippen LogP contribution in [-0.2, 0) is 39.9 Å². The van der Waals surface area contributed by atoms with Gasteiger partial charge < -0.3 is 44.0 Å². The molecule has 2 saturated heterocycles. The van der Waals surface area contributed by atoms with Gasteiger partial charge in [0, 0.05) is 0 Å². The Balaban J connectivity index is 0.000000673. The predicted molar refractivity (Wildman–Crippen MR) is 120 cm³/mol. The van der Waals surface area contributed by atoms with Crippen molar-refractivity contribution in [3.63, 3.8) is 0 Å². The van der Waals surface area contributed by atoms with Crippen molar-refractivity contribution in [3.05, 3.63) is 35.9 Å². The molecule has 0 radical (unpaired) electrons. The third-order valence-electron chi connectivity index (χ3n) is 5.24. The van der Waals surface area contributed by atoms with Crippen molar-refractivity contribution in [2.24, 2.45) is 11.5 Å². The maximum atomic E-state index is 12.0. The largest absolute Gasteiger partial charge is 0.542 e. The minimum Gasteiger partial charge on any atom is -0.542 e. The number of ether oxygens (including phenoxy) is 5. The lowest BCUT2D eigenvalue weighted by atomic mass is 10.1. The lowest BCUT2D eigenvalue weighted by molar-refractivity contribution is -0.464. The fraction of sp³-hybridized carbons (Fsp3) is 0.545. The Morgan fingerprint density at radius 1 is 1.10 bits per heavy atom. The zero-order valence-corrected chi connectivity index (χ0v) is 20.4. The molecule has 0 bridgehead atoms. The van der Waals surface area contributed by atoms with Gasteiger partial charge in [0.2, 0.25) is 0 Å². The molecular weight excluding hydrogens is 537 g/mol. The summed E-state index contributed by atoms with van der Waals surface area (Å²) in [7, 11) is 0. The highest BCUT2D eigenvalue weighted by Gasteiger charge is 2.49. The van der Waals surface area contributed by atoms with Gasteiger partial charge in [-0.3, -0.25) is 16.5 Å². The molecule has 2 aliphatic rings. The molecule has 0 saturated carbocycles. The summed E-state index contributed by atoms with van der Waals surface area (Å²) < 4.78 is 59.5. The van der Waals surface area contributed by atoms with Gasteiger partial charge in [0.05, 0.1) is 33.0 Å². The number of amides is 1. The van der Waals surface area contributed by atoms with Gasteiger partial charge >= 0.3 is 24.2 Å². The molecule has 2 aliphatic heterocycles. The molecular formula is C22H29F3N4O10. The zero-order valence-electron chi connectivity index (χ0n) is 20.4. The van der Waals surface area contributed by atoms with Crippen LogP contribution in [0.5, 0.6) is 0 Å². The van der Waals surface area contributed by atoms with E-state index in [1.54, 1.807) is 12.1 Å². The van der Waals surface area contributed by atoms with Crippen LogP contribution in [0.2, 0.25) is 0 Å². The van der Waals surface area contributed by atoms with Gasteiger partial charge in [0.1, 0.15) is 37.0 Å². The van der Waals surface area contributed by atoms with Crippen molar-refractivity contribution < 1.29 is 66.4 Å². The van der Waals surface area contributed by atoms with E-state index >= 15 is 0 Å². The molecule has 1 amide bonds. The lowest BCUT2D eigenvalue weighted by Crippen LogP contribution is -2.79. The van der Waals surface area contributed by atoms with Crippen LogP contribution in [-0.4, -0.2) is 98.7 Å². The number of nitrogens with one attached hydrogen (secondary N) is 2. The summed E-state index contributed by atoms with van der Waals surface area (Å²) in [6.45, 7) is 1.12. The maximum absolute atomic E-state index is 12.0. The topological polar surface area (TPSA) is 219 Å². The van der Waals surface area contributed by atoms with Gasteiger partial charge in [-0.25, -0.2) is 9.59 Å². The van der Waals surface area contributed by atoms with Crippen LogP contribution >= 0.6 is 0 Å². The second-order valence-electron chi connectivity index (χ2n) is 8.14. The monoisotopic (exact) mass is 566 g/mol. The molecule has 0 aliphatic carbocycles. The van der Waals surface area contributed by atoms with E-state index in [9.17, 15) is 27.9 Å². The second-order valence-corrected chi connectivity index (χ2v) is 8.14. The van der Waals surface area contributed by atoms with E-state index in [0.717, 1.165) is 5.56 Å². The standard InChI is InChI=1S/C20H28N4O8.C2HF3O2/c21-19(22)23-6-7-28-14-10-30-17-15(11-31-16(14)17)29-9-13(18(25)26)24-20(27)32-8-12-4-2-1-3-5-12;3-2(4,5)1(6)7/h1-5,13-17H,6-11H2,(H,24,27)(H,25,26)(H4,21,22,23);(H,6,7)/t13-,14+,15-,16+,17+;/m0./s1. The number of fused-ring (bicyclic) bond motifs is 1. The fourth-order valence-corrected chi connectivity index (χ4v) is 3.42. The molecule has 5 atom stereocenters. The first-order chi connectivity index (χ1) is 18.4. The summed E-state index contributed by atoms with van der Waals surface area (Å²) in [5, 5.41) is 20.5. The minimum absolute atomic E-state index is 0.0285. The molecule has 0 aromatic heterocycles. The van der Waals surface area contributed by atoms with Crippen LogP contribution in [0.4, 0.5) is 18.0 Å². The Morgan fingerprint density at radius 2 is 1.67 bits per heavy atom. The van der Waals surface area contributed by atoms with Crippen molar-refractivity contribution in [1.29, 1.82) is 0 Å². The van der Waals surface area contributed by atoms with Crippen LogP contribution < -0.4 is 26.9 Å². The van der Waals surface area contributed by atoms with Crippen LogP contribution in [0.3, 0.4) is 0 Å². The fourth-order valence-electron chi connectivity index (χ4n) is 3.42. The molecule has 7 N–H and O–H groups in total. The van der Waals surface area contributed by atoms with Crippen molar-refractivity contribution in [2.75, 3.05) is 33.0 Å². The molecule has 17 heteroatoms. The number of guanidine groups is 1. The number of carboxylic acid groups (broad SMARTS) is 2. The van der Waals surface area contributed by atoms with E-state index in [1.807, 2.05) is 18.2 Å². The first-order valence-electron chi connectivity index (χ1n) is 11.4. The highest BCUT2D eigenvalue weighted by atomic mass is 19.4. The summed E-state index contributed by atoms with van der Waals surface area (Å²) in [6, 6.07) is 7.78. The van der Waals surface area contributed by atoms with Gasteiger partial charge in [-0.1, -0.05) is 30.3 Å². The van der Waals surface area contributed by atoms with Crippen LogP contribution in [0.15, 0.2) is 30.3 Å². The molecule has 14 nitrogen and oxygen atoms in total. The minimum atomic E-state index is -5.19. The number of rotatable bonds is 11. The number of hydrogen-bond donors (Lipinski definition) is 5. The van der Waals surface area contributed by atoms with E-state index in [1.165, 1.54) is 0 Å². The van der Waals surface area contributed by atoms with Gasteiger partial charge in [0.15, 0.2) is 6.04 Å². The summed E-state index contributed by atoms with van der Waals surface area (Å²) in [5.74, 6) is -4.13. The van der Waals surface area contributed by atoms with Crippen LogP contribution in [0, 0.1) is 0 Å². The average molecular weight is 566 g/mol. The first kappa shape index (κ1) is 31.5. The van der Waals surface area contributed by atoms with Crippen molar-refractivity contribution in [1.82, 2.24) is 5.32 Å². The number of nitrogens with two attached hydrogens (primary N) is 2. The summed E-state index contributed by atoms with van der Waals surface area (Å²) in [5.41, 5.74) is 11.4. The molecule has 2 fully saturated rings. The number of carboxylic acids is 2. The SMILES string of the molecule is NC(N)=[NH+]CCO[C@@H]1CO[C@H]2[C@@H]1OC[C@@H]2OC[C@H](NC(=O)OCc1ccccc1)C(=O)O.O=C([O-])C(F)(F)F. The Hall–Kier alpha value is -3.67. The third kappa shape index (κ3) is 10.9. The second kappa shape index (κ2) is 15.1. The molecule has 0 unspecified atom stereocenters. The number of aliphatic carboxylic acids is 2. The zero-order chi connectivity index (χ0) is 29.0. The number of carbonyl (C=O) groups excluding carboxylic acids is 2. The number of halogens is 3. The van der Waals surface area contributed by atoms with Crippen LogP contribution in [0.1, 0.15) is 5.56 Å². The summed E-state index contributed by atoms with van der Waals surface area (Å²) >= 11 is 0. The molecule has 1 aromatic rings. The van der Waals surface area contributed by atoms with E-state index in [2.05, 4.69) is 10.3 Å². The van der Waals surface area contributed by atoms with E-state index in [4.69, 9.17) is 45.1 Å². The normalized spacial score (nSPS) is 22.5. The molecule has 218 valence electrons. The molecule has 1 aromatic carbocycles. The Kier molecular flexibility index (Phi) is 12.2. The van der Waals surface area contributed by atoms with Gasteiger partial charge in [0.25, 0.3) is 0 Å².